The van der Waals surface area contributed by atoms with Gasteiger partial charge in [0.1, 0.15) is 18.3 Å². The van der Waals surface area contributed by atoms with E-state index in [0.717, 1.165) is 6.92 Å². The highest BCUT2D eigenvalue weighted by atomic mass is 16.8. The molecule has 8 nitrogen and oxygen atoms in total. The van der Waals surface area contributed by atoms with Crippen molar-refractivity contribution in [2.24, 2.45) is 0 Å². The minimum atomic E-state index is -2.78. The molecule has 16 heavy (non-hydrogen) atoms. The van der Waals surface area contributed by atoms with Crippen molar-refractivity contribution in [1.82, 2.24) is 0 Å². The number of hydrogen-bond donors (Lipinski definition) is 5. The summed E-state index contributed by atoms with van der Waals surface area (Å²) in [5.74, 6) is -3.74. The molecule has 0 aromatic rings. The SMILES string of the molecule is CC(=O)OC1(O)O[C@H](CO)[C@@H](O)[C@H](O)[C@H]1O. The number of esters is 1. The second-order valence-electron chi connectivity index (χ2n) is 3.49. The molecule has 0 aromatic carbocycles. The zero-order chi connectivity index (χ0) is 12.5. The zero-order valence-electron chi connectivity index (χ0n) is 8.48. The van der Waals surface area contributed by atoms with Gasteiger partial charge in [-0.05, 0) is 0 Å². The molecule has 5 atom stereocenters. The smallest absolute Gasteiger partial charge is 0.357 e. The first-order chi connectivity index (χ1) is 7.31. The summed E-state index contributed by atoms with van der Waals surface area (Å²) in [5, 5.41) is 46.5. The van der Waals surface area contributed by atoms with E-state index in [2.05, 4.69) is 9.47 Å². The van der Waals surface area contributed by atoms with Crippen LogP contribution in [0.15, 0.2) is 0 Å². The van der Waals surface area contributed by atoms with Gasteiger partial charge in [0.15, 0.2) is 6.10 Å². The molecule has 0 radical (unpaired) electrons. The molecule has 1 rings (SSSR count). The quantitative estimate of drug-likeness (QED) is 0.249. The van der Waals surface area contributed by atoms with Crippen molar-refractivity contribution in [1.29, 1.82) is 0 Å². The minimum absolute atomic E-state index is 0.728. The van der Waals surface area contributed by atoms with E-state index in [0.29, 0.717) is 0 Å². The van der Waals surface area contributed by atoms with Gasteiger partial charge in [-0.2, -0.15) is 0 Å². The standard InChI is InChI=1S/C8H14O8/c1-3(10)15-8(14)7(13)6(12)5(11)4(2-9)16-8/h4-7,9,11-14H,2H2,1H3/t4-,5-,6+,7-,8?/m1/s1. The van der Waals surface area contributed by atoms with Crippen LogP contribution in [0.4, 0.5) is 0 Å². The molecule has 5 N–H and O–H groups in total. The molecule has 0 bridgehead atoms. The maximum Gasteiger partial charge on any atom is 0.357 e. The molecule has 94 valence electrons. The Kier molecular flexibility index (Phi) is 3.84. The first-order valence-electron chi connectivity index (χ1n) is 4.56. The number of aliphatic hydroxyl groups excluding tert-OH is 4. The molecule has 0 aliphatic carbocycles. The van der Waals surface area contributed by atoms with Crippen LogP contribution >= 0.6 is 0 Å². The van der Waals surface area contributed by atoms with Crippen LogP contribution in [0.2, 0.25) is 0 Å². The predicted molar refractivity (Wildman–Crippen MR) is 46.7 cm³/mol. The molecular weight excluding hydrogens is 224 g/mol. The second-order valence-corrected chi connectivity index (χ2v) is 3.49. The third-order valence-electron chi connectivity index (χ3n) is 2.22. The van der Waals surface area contributed by atoms with E-state index in [9.17, 15) is 25.2 Å². The summed E-state index contributed by atoms with van der Waals surface area (Å²) in [6.07, 6.45) is -6.82. The number of carbonyl (C=O) groups is 1. The van der Waals surface area contributed by atoms with Gasteiger partial charge < -0.3 is 35.0 Å². The van der Waals surface area contributed by atoms with Gasteiger partial charge in [-0.25, -0.2) is 0 Å². The molecule has 1 fully saturated rings. The molecule has 1 aliphatic rings. The Morgan fingerprint density at radius 3 is 2.38 bits per heavy atom. The topological polar surface area (TPSA) is 137 Å². The second kappa shape index (κ2) is 4.62. The predicted octanol–water partition coefficient (Wildman–Crippen LogP) is -3.33. The number of carbonyl (C=O) groups excluding carboxylic acids is 1. The van der Waals surface area contributed by atoms with Crippen LogP contribution in [0.25, 0.3) is 0 Å². The summed E-state index contributed by atoms with van der Waals surface area (Å²) in [6.45, 7) is 0.230. The lowest BCUT2D eigenvalue weighted by Crippen LogP contribution is -2.66. The third-order valence-corrected chi connectivity index (χ3v) is 2.22. The van der Waals surface area contributed by atoms with Crippen molar-refractivity contribution in [2.75, 3.05) is 6.61 Å². The van der Waals surface area contributed by atoms with Crippen LogP contribution in [0.3, 0.4) is 0 Å². The van der Waals surface area contributed by atoms with Crippen LogP contribution in [0.5, 0.6) is 0 Å². The minimum Gasteiger partial charge on any atom is -0.406 e. The summed E-state index contributed by atoms with van der Waals surface area (Å²) >= 11 is 0. The van der Waals surface area contributed by atoms with E-state index >= 15 is 0 Å². The lowest BCUT2D eigenvalue weighted by atomic mass is 9.98. The third kappa shape index (κ3) is 2.32. The first-order valence-corrected chi connectivity index (χ1v) is 4.56. The highest BCUT2D eigenvalue weighted by Gasteiger charge is 2.55. The van der Waals surface area contributed by atoms with E-state index in [1.165, 1.54) is 0 Å². The summed E-state index contributed by atoms with van der Waals surface area (Å²) in [7, 11) is 0. The molecule has 1 unspecified atom stereocenters. The highest BCUT2D eigenvalue weighted by Crippen LogP contribution is 2.29. The summed E-state index contributed by atoms with van der Waals surface area (Å²) < 4.78 is 8.94. The maximum atomic E-state index is 10.7. The van der Waals surface area contributed by atoms with Gasteiger partial charge in [-0.15, -0.1) is 0 Å². The first kappa shape index (κ1) is 13.3. The zero-order valence-corrected chi connectivity index (χ0v) is 8.48. The Morgan fingerprint density at radius 2 is 1.94 bits per heavy atom. The maximum absolute atomic E-state index is 10.7. The Morgan fingerprint density at radius 1 is 1.38 bits per heavy atom. The van der Waals surface area contributed by atoms with Crippen molar-refractivity contribution >= 4 is 5.97 Å². The fraction of sp³-hybridized carbons (Fsp3) is 0.875. The van der Waals surface area contributed by atoms with Gasteiger partial charge in [-0.3, -0.25) is 4.79 Å². The fourth-order valence-corrected chi connectivity index (χ4v) is 1.41. The lowest BCUT2D eigenvalue weighted by Gasteiger charge is -2.43. The molecule has 1 heterocycles. The van der Waals surface area contributed by atoms with Crippen molar-refractivity contribution in [3.8, 4) is 0 Å². The Balaban J connectivity index is 2.89. The fourth-order valence-electron chi connectivity index (χ4n) is 1.41. The number of aliphatic hydroxyl groups is 5. The summed E-state index contributed by atoms with van der Waals surface area (Å²) in [5.41, 5.74) is 0. The highest BCUT2D eigenvalue weighted by molar-refractivity contribution is 5.66. The molecule has 1 saturated heterocycles. The number of hydrogen-bond acceptors (Lipinski definition) is 8. The van der Waals surface area contributed by atoms with Crippen LogP contribution in [0.1, 0.15) is 6.92 Å². The van der Waals surface area contributed by atoms with E-state index < -0.39 is 43.0 Å². The molecule has 1 aliphatic heterocycles. The Bertz CT molecular complexity index is 267. The van der Waals surface area contributed by atoms with Crippen molar-refractivity contribution < 1.29 is 39.8 Å². The Labute approximate surface area is 90.6 Å². The van der Waals surface area contributed by atoms with Crippen molar-refractivity contribution in [3.05, 3.63) is 0 Å². The van der Waals surface area contributed by atoms with Gasteiger partial charge >= 0.3 is 11.9 Å². The van der Waals surface area contributed by atoms with Crippen LogP contribution in [-0.4, -0.2) is 68.5 Å². The van der Waals surface area contributed by atoms with Crippen molar-refractivity contribution in [3.63, 3.8) is 0 Å². The van der Waals surface area contributed by atoms with Crippen LogP contribution in [0, 0.1) is 0 Å². The van der Waals surface area contributed by atoms with E-state index in [1.54, 1.807) is 0 Å². The molecule has 0 amide bonds. The summed E-state index contributed by atoms with van der Waals surface area (Å²) in [4.78, 5) is 10.7. The molecule has 0 saturated carbocycles. The van der Waals surface area contributed by atoms with E-state index in [1.807, 2.05) is 0 Å². The normalized spacial score (nSPS) is 44.1. The van der Waals surface area contributed by atoms with Crippen LogP contribution < -0.4 is 0 Å². The molecular formula is C8H14O8. The monoisotopic (exact) mass is 238 g/mol. The van der Waals surface area contributed by atoms with Gasteiger partial charge in [0.25, 0.3) is 0 Å². The van der Waals surface area contributed by atoms with E-state index in [-0.39, 0.29) is 0 Å². The number of ether oxygens (including phenoxy) is 2. The molecule has 0 spiro atoms. The molecule has 0 aromatic heterocycles. The number of rotatable bonds is 2. The van der Waals surface area contributed by atoms with Gasteiger partial charge in [0, 0.05) is 6.92 Å². The molecule has 8 heteroatoms. The average molecular weight is 238 g/mol. The van der Waals surface area contributed by atoms with Gasteiger partial charge in [-0.1, -0.05) is 0 Å². The van der Waals surface area contributed by atoms with Gasteiger partial charge in [0.05, 0.1) is 6.61 Å². The Hall–Kier alpha value is -0.770. The largest absolute Gasteiger partial charge is 0.406 e. The summed E-state index contributed by atoms with van der Waals surface area (Å²) in [6, 6.07) is 0. The lowest BCUT2D eigenvalue weighted by molar-refractivity contribution is -0.433. The van der Waals surface area contributed by atoms with E-state index in [4.69, 9.17) is 5.11 Å². The van der Waals surface area contributed by atoms with Crippen LogP contribution in [-0.2, 0) is 14.3 Å². The van der Waals surface area contributed by atoms with Crippen molar-refractivity contribution in [2.45, 2.75) is 37.3 Å². The van der Waals surface area contributed by atoms with Gasteiger partial charge in [0.2, 0.25) is 0 Å². The average Bonchev–Trinajstić information content (AvgIpc) is 2.20.